The van der Waals surface area contributed by atoms with E-state index in [1.807, 2.05) is 5.41 Å². The van der Waals surface area contributed by atoms with Crippen molar-refractivity contribution < 1.29 is 4.74 Å². The fraction of sp³-hybridized carbons (Fsp3) is 0.667. The van der Waals surface area contributed by atoms with Gasteiger partial charge in [-0.2, -0.15) is 0 Å². The quantitative estimate of drug-likeness (QED) is 0.442. The van der Waals surface area contributed by atoms with Crippen LogP contribution in [0.5, 0.6) is 0 Å². The third-order valence-electron chi connectivity index (χ3n) is 0.685. The summed E-state index contributed by atoms with van der Waals surface area (Å²) in [4.78, 5) is 0. The Bertz CT molecular complexity index is 68.1. The van der Waals surface area contributed by atoms with Gasteiger partial charge >= 0.3 is 0 Å². The standard InChI is InChI=1S/C6H11ClOS/c1-2-9-6-5-8-4-3-7/h2H,1,3-6H2. The molecule has 0 saturated heterocycles. The Labute approximate surface area is 65.4 Å². The van der Waals surface area contributed by atoms with Crippen LogP contribution in [0, 0.1) is 0 Å². The Hall–Kier alpha value is 0.340. The minimum atomic E-state index is 0.582. The molecule has 3 heteroatoms. The van der Waals surface area contributed by atoms with Crippen LogP contribution < -0.4 is 0 Å². The molecule has 0 bridgehead atoms. The van der Waals surface area contributed by atoms with Gasteiger partial charge in [-0.15, -0.1) is 23.4 Å². The molecular formula is C6H11ClOS. The molecule has 0 saturated carbocycles. The molecule has 54 valence electrons. The second-order valence-electron chi connectivity index (χ2n) is 1.34. The van der Waals surface area contributed by atoms with Crippen LogP contribution >= 0.6 is 23.4 Å². The lowest BCUT2D eigenvalue weighted by Gasteiger charge is -1.97. The monoisotopic (exact) mass is 166 g/mol. The van der Waals surface area contributed by atoms with Crippen LogP contribution in [-0.4, -0.2) is 24.8 Å². The molecule has 9 heavy (non-hydrogen) atoms. The van der Waals surface area contributed by atoms with Crippen LogP contribution in [0.2, 0.25) is 0 Å². The first-order valence-electron chi connectivity index (χ1n) is 2.78. The van der Waals surface area contributed by atoms with Gasteiger partial charge in [0.05, 0.1) is 13.2 Å². The maximum atomic E-state index is 5.36. The molecule has 0 unspecified atom stereocenters. The van der Waals surface area contributed by atoms with Crippen LogP contribution in [0.15, 0.2) is 12.0 Å². The van der Waals surface area contributed by atoms with E-state index in [0.717, 1.165) is 12.4 Å². The Morgan fingerprint density at radius 3 is 2.89 bits per heavy atom. The van der Waals surface area contributed by atoms with Crippen molar-refractivity contribution in [1.29, 1.82) is 0 Å². The maximum Gasteiger partial charge on any atom is 0.0602 e. The van der Waals surface area contributed by atoms with Crippen LogP contribution in [0.25, 0.3) is 0 Å². The molecule has 0 rings (SSSR count). The number of thioether (sulfide) groups is 1. The predicted octanol–water partition coefficient (Wildman–Crippen LogP) is 2.12. The number of hydrogen-bond donors (Lipinski definition) is 0. The summed E-state index contributed by atoms with van der Waals surface area (Å²) in [6, 6.07) is 0. The number of alkyl halides is 1. The summed E-state index contributed by atoms with van der Waals surface area (Å²) < 4.78 is 5.08. The molecule has 0 aromatic heterocycles. The van der Waals surface area contributed by atoms with Crippen molar-refractivity contribution in [3.8, 4) is 0 Å². The predicted molar refractivity (Wildman–Crippen MR) is 44.2 cm³/mol. The molecule has 0 atom stereocenters. The van der Waals surface area contributed by atoms with E-state index in [-0.39, 0.29) is 0 Å². The highest BCUT2D eigenvalue weighted by Gasteiger charge is 1.84. The summed E-state index contributed by atoms with van der Waals surface area (Å²) in [5.74, 6) is 1.55. The van der Waals surface area contributed by atoms with Gasteiger partial charge in [-0.1, -0.05) is 6.58 Å². The van der Waals surface area contributed by atoms with Gasteiger partial charge in [-0.05, 0) is 5.41 Å². The third-order valence-corrected chi connectivity index (χ3v) is 1.48. The fourth-order valence-corrected chi connectivity index (χ4v) is 0.837. The molecule has 0 aliphatic heterocycles. The summed E-state index contributed by atoms with van der Waals surface area (Å²) >= 11 is 7.02. The van der Waals surface area contributed by atoms with Gasteiger partial charge in [-0.3, -0.25) is 0 Å². The molecule has 0 aromatic rings. The lowest BCUT2D eigenvalue weighted by Crippen LogP contribution is -1.98. The first-order chi connectivity index (χ1) is 4.41. The number of halogens is 1. The Morgan fingerprint density at radius 1 is 1.56 bits per heavy atom. The van der Waals surface area contributed by atoms with Gasteiger partial charge in [0.15, 0.2) is 0 Å². The van der Waals surface area contributed by atoms with Crippen LogP contribution in [0.4, 0.5) is 0 Å². The summed E-state index contributed by atoms with van der Waals surface area (Å²) in [5.41, 5.74) is 0. The van der Waals surface area contributed by atoms with E-state index < -0.39 is 0 Å². The Morgan fingerprint density at radius 2 is 2.33 bits per heavy atom. The van der Waals surface area contributed by atoms with E-state index in [2.05, 4.69) is 6.58 Å². The van der Waals surface area contributed by atoms with Crippen molar-refractivity contribution in [2.75, 3.05) is 24.8 Å². The summed E-state index contributed by atoms with van der Waals surface area (Å²) in [5, 5.41) is 1.81. The minimum absolute atomic E-state index is 0.582. The summed E-state index contributed by atoms with van der Waals surface area (Å²) in [6.07, 6.45) is 0. The van der Waals surface area contributed by atoms with Gasteiger partial charge in [0.1, 0.15) is 0 Å². The van der Waals surface area contributed by atoms with Gasteiger partial charge in [0.25, 0.3) is 0 Å². The number of rotatable bonds is 6. The lowest BCUT2D eigenvalue weighted by atomic mass is 10.8. The molecule has 1 nitrogen and oxygen atoms in total. The van der Waals surface area contributed by atoms with E-state index in [4.69, 9.17) is 16.3 Å². The lowest BCUT2D eigenvalue weighted by molar-refractivity contribution is 0.166. The highest BCUT2D eigenvalue weighted by atomic mass is 35.5. The van der Waals surface area contributed by atoms with Gasteiger partial charge in [0, 0.05) is 11.6 Å². The van der Waals surface area contributed by atoms with Crippen molar-refractivity contribution >= 4 is 23.4 Å². The van der Waals surface area contributed by atoms with Crippen molar-refractivity contribution in [3.63, 3.8) is 0 Å². The Balaban J connectivity index is 2.66. The van der Waals surface area contributed by atoms with Gasteiger partial charge < -0.3 is 4.74 Å². The third kappa shape index (κ3) is 8.34. The van der Waals surface area contributed by atoms with Gasteiger partial charge in [-0.25, -0.2) is 0 Å². The normalized spacial score (nSPS) is 9.44. The first kappa shape index (κ1) is 9.34. The molecule has 0 fully saturated rings. The van der Waals surface area contributed by atoms with Crippen molar-refractivity contribution in [1.82, 2.24) is 0 Å². The summed E-state index contributed by atoms with van der Waals surface area (Å²) in [7, 11) is 0. The average Bonchev–Trinajstić information content (AvgIpc) is 1.89. The first-order valence-corrected chi connectivity index (χ1v) is 4.36. The Kier molecular flexibility index (Phi) is 8.66. The van der Waals surface area contributed by atoms with E-state index in [0.29, 0.717) is 12.5 Å². The molecular weight excluding hydrogens is 156 g/mol. The molecule has 0 radical (unpaired) electrons. The molecule has 0 spiro atoms. The van der Waals surface area contributed by atoms with Crippen LogP contribution in [-0.2, 0) is 4.74 Å². The molecule has 0 aliphatic carbocycles. The molecule has 0 aromatic carbocycles. The van der Waals surface area contributed by atoms with Crippen molar-refractivity contribution in [2.45, 2.75) is 0 Å². The summed E-state index contributed by atoms with van der Waals surface area (Å²) in [6.45, 7) is 4.98. The molecule has 0 N–H and O–H groups in total. The zero-order chi connectivity index (χ0) is 6.95. The zero-order valence-electron chi connectivity index (χ0n) is 5.31. The second kappa shape index (κ2) is 8.34. The average molecular weight is 167 g/mol. The van der Waals surface area contributed by atoms with E-state index in [1.54, 1.807) is 11.8 Å². The topological polar surface area (TPSA) is 9.23 Å². The SMILES string of the molecule is C=CSCCOCCCl. The van der Waals surface area contributed by atoms with Crippen LogP contribution in [0.1, 0.15) is 0 Å². The smallest absolute Gasteiger partial charge is 0.0602 e. The number of ether oxygens (including phenoxy) is 1. The highest BCUT2D eigenvalue weighted by Crippen LogP contribution is 1.98. The molecule has 0 heterocycles. The minimum Gasteiger partial charge on any atom is -0.379 e. The van der Waals surface area contributed by atoms with E-state index in [9.17, 15) is 0 Å². The molecule has 0 amide bonds. The van der Waals surface area contributed by atoms with Gasteiger partial charge in [0.2, 0.25) is 0 Å². The van der Waals surface area contributed by atoms with E-state index >= 15 is 0 Å². The second-order valence-corrected chi connectivity index (χ2v) is 2.79. The van der Waals surface area contributed by atoms with Crippen molar-refractivity contribution in [2.24, 2.45) is 0 Å². The molecule has 0 aliphatic rings. The zero-order valence-corrected chi connectivity index (χ0v) is 6.88. The maximum absolute atomic E-state index is 5.36. The fourth-order valence-electron chi connectivity index (χ4n) is 0.347. The largest absolute Gasteiger partial charge is 0.379 e. The highest BCUT2D eigenvalue weighted by molar-refractivity contribution is 8.02. The number of hydrogen-bond acceptors (Lipinski definition) is 2. The van der Waals surface area contributed by atoms with Crippen molar-refractivity contribution in [3.05, 3.63) is 12.0 Å². The van der Waals surface area contributed by atoms with E-state index in [1.165, 1.54) is 0 Å². The van der Waals surface area contributed by atoms with Crippen LogP contribution in [0.3, 0.4) is 0 Å².